The Kier molecular flexibility index (Phi) is 3.12. The van der Waals surface area contributed by atoms with Crippen LogP contribution in [0.15, 0.2) is 33.7 Å². The molecule has 0 fully saturated rings. The van der Waals surface area contributed by atoms with Crippen molar-refractivity contribution in [1.29, 1.82) is 0 Å². The van der Waals surface area contributed by atoms with Gasteiger partial charge in [-0.05, 0) is 6.08 Å². The van der Waals surface area contributed by atoms with Crippen molar-refractivity contribution < 1.29 is 8.81 Å². The van der Waals surface area contributed by atoms with E-state index in [0.29, 0.717) is 17.5 Å². The van der Waals surface area contributed by atoms with Gasteiger partial charge in [-0.15, -0.1) is 11.6 Å². The highest BCUT2D eigenvalue weighted by atomic mass is 35.5. The van der Waals surface area contributed by atoms with Gasteiger partial charge >= 0.3 is 0 Å². The van der Waals surface area contributed by atoms with Gasteiger partial charge in [-0.1, -0.05) is 17.7 Å². The number of oxazole rings is 1. The maximum atomic E-state index is 13.2. The molecule has 2 nitrogen and oxygen atoms in total. The van der Waals surface area contributed by atoms with E-state index in [9.17, 15) is 4.39 Å². The van der Waals surface area contributed by atoms with Crippen molar-refractivity contribution in [2.45, 2.75) is 18.2 Å². The number of allylic oxidation sites excluding steroid dienone is 4. The summed E-state index contributed by atoms with van der Waals surface area (Å²) in [5.41, 5.74) is 0.654. The SMILES string of the molecule is FC1=C(Cl)C=CC(c2nc(CCl)co2)C1. The third kappa shape index (κ3) is 2.24. The molecule has 0 saturated heterocycles. The van der Waals surface area contributed by atoms with Crippen LogP contribution in [-0.4, -0.2) is 4.98 Å². The standard InChI is InChI=1S/C10H8Cl2FNO/c11-4-7-5-15-10(14-7)6-1-2-8(12)9(13)3-6/h1-2,5-6H,3-4H2. The topological polar surface area (TPSA) is 26.0 Å². The molecule has 0 radical (unpaired) electrons. The van der Waals surface area contributed by atoms with Crippen molar-refractivity contribution >= 4 is 23.2 Å². The Bertz CT molecular complexity index is 425. The highest BCUT2D eigenvalue weighted by Crippen LogP contribution is 2.32. The number of nitrogens with zero attached hydrogens (tertiary/aromatic N) is 1. The lowest BCUT2D eigenvalue weighted by Gasteiger charge is -2.11. The summed E-state index contributed by atoms with van der Waals surface area (Å²) in [6, 6.07) is 0. The summed E-state index contributed by atoms with van der Waals surface area (Å²) in [4.78, 5) is 4.13. The molecule has 1 atom stereocenters. The van der Waals surface area contributed by atoms with Gasteiger partial charge in [-0.3, -0.25) is 0 Å². The fourth-order valence-corrected chi connectivity index (χ4v) is 1.65. The Hall–Kier alpha value is -0.800. The van der Waals surface area contributed by atoms with Crippen LogP contribution >= 0.6 is 23.2 Å². The van der Waals surface area contributed by atoms with Crippen LogP contribution in [-0.2, 0) is 5.88 Å². The highest BCUT2D eigenvalue weighted by molar-refractivity contribution is 6.31. The lowest BCUT2D eigenvalue weighted by atomic mass is 10.00. The maximum Gasteiger partial charge on any atom is 0.201 e. The average molecular weight is 248 g/mol. The van der Waals surface area contributed by atoms with Gasteiger partial charge in [-0.2, -0.15) is 0 Å². The van der Waals surface area contributed by atoms with Crippen LogP contribution in [0.1, 0.15) is 23.9 Å². The van der Waals surface area contributed by atoms with E-state index < -0.39 is 0 Å². The Morgan fingerprint density at radius 3 is 3.00 bits per heavy atom. The van der Waals surface area contributed by atoms with E-state index >= 15 is 0 Å². The summed E-state index contributed by atoms with van der Waals surface area (Å²) >= 11 is 11.2. The van der Waals surface area contributed by atoms with Crippen LogP contribution in [0.4, 0.5) is 4.39 Å². The minimum absolute atomic E-state index is 0.148. The summed E-state index contributed by atoms with van der Waals surface area (Å²) < 4.78 is 18.4. The molecule has 0 N–H and O–H groups in total. The molecule has 1 aromatic heterocycles. The van der Waals surface area contributed by atoms with Gasteiger partial charge in [0.15, 0.2) is 0 Å². The molecular weight excluding hydrogens is 240 g/mol. The minimum atomic E-state index is -0.338. The van der Waals surface area contributed by atoms with Gasteiger partial charge in [0.25, 0.3) is 0 Å². The highest BCUT2D eigenvalue weighted by Gasteiger charge is 2.21. The number of hydrogen-bond donors (Lipinski definition) is 0. The lowest BCUT2D eigenvalue weighted by molar-refractivity contribution is 0.451. The predicted molar refractivity (Wildman–Crippen MR) is 56.5 cm³/mol. The van der Waals surface area contributed by atoms with E-state index in [0.717, 1.165) is 0 Å². The van der Waals surface area contributed by atoms with Crippen LogP contribution in [0.5, 0.6) is 0 Å². The number of aromatic nitrogens is 1. The van der Waals surface area contributed by atoms with Crippen molar-refractivity contribution in [2.75, 3.05) is 0 Å². The second kappa shape index (κ2) is 4.37. The molecule has 0 amide bonds. The quantitative estimate of drug-likeness (QED) is 0.742. The van der Waals surface area contributed by atoms with Gasteiger partial charge in [0.05, 0.1) is 22.5 Å². The molecule has 1 unspecified atom stereocenters. The molecule has 15 heavy (non-hydrogen) atoms. The molecule has 0 spiro atoms. The zero-order valence-corrected chi connectivity index (χ0v) is 9.22. The van der Waals surface area contributed by atoms with Crippen LogP contribution in [0.3, 0.4) is 0 Å². The molecule has 1 heterocycles. The zero-order chi connectivity index (χ0) is 10.8. The minimum Gasteiger partial charge on any atom is -0.448 e. The van der Waals surface area contributed by atoms with Crippen LogP contribution in [0.2, 0.25) is 0 Å². The Labute approximate surface area is 96.4 Å². The van der Waals surface area contributed by atoms with Gasteiger partial charge in [-0.25, -0.2) is 9.37 Å². The molecule has 0 aromatic carbocycles. The zero-order valence-electron chi connectivity index (χ0n) is 7.71. The molecule has 0 aliphatic heterocycles. The van der Waals surface area contributed by atoms with Gasteiger partial charge < -0.3 is 4.42 Å². The van der Waals surface area contributed by atoms with Crippen molar-refractivity contribution in [3.05, 3.63) is 40.9 Å². The molecular formula is C10H8Cl2FNO. The fraction of sp³-hybridized carbons (Fsp3) is 0.300. The summed E-state index contributed by atoms with van der Waals surface area (Å²) in [5, 5.41) is 0.148. The van der Waals surface area contributed by atoms with Crippen molar-refractivity contribution in [3.8, 4) is 0 Å². The third-order valence-electron chi connectivity index (χ3n) is 2.16. The Morgan fingerprint density at radius 1 is 1.60 bits per heavy atom. The van der Waals surface area contributed by atoms with Crippen molar-refractivity contribution in [2.24, 2.45) is 0 Å². The number of alkyl halides is 1. The molecule has 2 rings (SSSR count). The summed E-state index contributed by atoms with van der Waals surface area (Å²) in [7, 11) is 0. The first-order valence-electron chi connectivity index (χ1n) is 4.43. The molecule has 0 bridgehead atoms. The van der Waals surface area contributed by atoms with Gasteiger partial charge in [0, 0.05) is 6.42 Å². The summed E-state index contributed by atoms with van der Waals surface area (Å²) in [6.45, 7) is 0. The van der Waals surface area contributed by atoms with E-state index in [1.54, 1.807) is 6.08 Å². The second-order valence-electron chi connectivity index (χ2n) is 3.23. The largest absolute Gasteiger partial charge is 0.448 e. The number of hydrogen-bond acceptors (Lipinski definition) is 2. The van der Waals surface area contributed by atoms with E-state index in [-0.39, 0.29) is 23.2 Å². The van der Waals surface area contributed by atoms with Crippen molar-refractivity contribution in [1.82, 2.24) is 4.98 Å². The fourth-order valence-electron chi connectivity index (χ4n) is 1.37. The van der Waals surface area contributed by atoms with E-state index in [1.165, 1.54) is 12.3 Å². The Morgan fingerprint density at radius 2 is 2.40 bits per heavy atom. The van der Waals surface area contributed by atoms with E-state index in [2.05, 4.69) is 4.98 Å². The molecule has 1 aliphatic carbocycles. The third-order valence-corrected chi connectivity index (χ3v) is 2.76. The van der Waals surface area contributed by atoms with Crippen molar-refractivity contribution in [3.63, 3.8) is 0 Å². The second-order valence-corrected chi connectivity index (χ2v) is 3.91. The maximum absolute atomic E-state index is 13.2. The molecule has 80 valence electrons. The van der Waals surface area contributed by atoms with Crippen LogP contribution in [0.25, 0.3) is 0 Å². The van der Waals surface area contributed by atoms with E-state index in [4.69, 9.17) is 27.6 Å². The monoisotopic (exact) mass is 247 g/mol. The average Bonchev–Trinajstić information content (AvgIpc) is 2.70. The number of halogens is 3. The summed E-state index contributed by atoms with van der Waals surface area (Å²) in [5.74, 6) is 0.236. The first kappa shape index (κ1) is 10.7. The first-order chi connectivity index (χ1) is 7.20. The normalized spacial score (nSPS) is 21.1. The lowest BCUT2D eigenvalue weighted by Crippen LogP contribution is -2.01. The van der Waals surface area contributed by atoms with Crippen LogP contribution < -0.4 is 0 Å². The predicted octanol–water partition coefficient (Wildman–Crippen LogP) is 3.88. The Balaban J connectivity index is 2.17. The van der Waals surface area contributed by atoms with Gasteiger partial charge in [0.2, 0.25) is 5.89 Å². The molecule has 1 aromatic rings. The van der Waals surface area contributed by atoms with E-state index in [1.807, 2.05) is 0 Å². The van der Waals surface area contributed by atoms with Crippen LogP contribution in [0, 0.1) is 0 Å². The molecule has 5 heteroatoms. The molecule has 0 saturated carbocycles. The number of rotatable bonds is 2. The summed E-state index contributed by atoms with van der Waals surface area (Å²) in [6.07, 6.45) is 4.97. The molecule has 1 aliphatic rings. The van der Waals surface area contributed by atoms with Gasteiger partial charge in [0.1, 0.15) is 12.1 Å². The smallest absolute Gasteiger partial charge is 0.201 e. The first-order valence-corrected chi connectivity index (χ1v) is 5.34.